The molecule has 4 rings (SSSR count). The summed E-state index contributed by atoms with van der Waals surface area (Å²) in [4.78, 5) is 13.7. The number of hydrogen-bond acceptors (Lipinski definition) is 5. The second kappa shape index (κ2) is 10.6. The van der Waals surface area contributed by atoms with Crippen molar-refractivity contribution in [2.45, 2.75) is 31.8 Å². The molecule has 0 saturated heterocycles. The number of nitrogens with one attached hydrogen (secondary N) is 1. The van der Waals surface area contributed by atoms with Gasteiger partial charge in [-0.15, -0.1) is 0 Å². The zero-order chi connectivity index (χ0) is 25.9. The first-order chi connectivity index (χ1) is 17.2. The minimum Gasteiger partial charge on any atom is -0.493 e. The Morgan fingerprint density at radius 2 is 1.72 bits per heavy atom. The second-order valence-corrected chi connectivity index (χ2v) is 10.6. The molecule has 0 unspecified atom stereocenters. The molecule has 1 atom stereocenters. The molecule has 0 spiro atoms. The van der Waals surface area contributed by atoms with E-state index in [1.165, 1.54) is 50.1 Å². The maximum absolute atomic E-state index is 14.5. The number of nitrogens with zero attached hydrogens (tertiary/aromatic N) is 1. The molecule has 0 heterocycles. The van der Waals surface area contributed by atoms with Crippen molar-refractivity contribution in [2.24, 2.45) is 0 Å². The van der Waals surface area contributed by atoms with Crippen molar-refractivity contribution in [1.82, 2.24) is 5.32 Å². The molecule has 1 N–H and O–H groups in total. The summed E-state index contributed by atoms with van der Waals surface area (Å²) in [5.41, 5.74) is 2.55. The number of amides is 1. The van der Waals surface area contributed by atoms with Crippen LogP contribution in [0.25, 0.3) is 0 Å². The van der Waals surface area contributed by atoms with Gasteiger partial charge in [0.1, 0.15) is 5.82 Å². The number of hydrogen-bond donors (Lipinski definition) is 1. The van der Waals surface area contributed by atoms with Gasteiger partial charge in [0.15, 0.2) is 11.5 Å². The van der Waals surface area contributed by atoms with Gasteiger partial charge in [-0.05, 0) is 42.5 Å². The van der Waals surface area contributed by atoms with Crippen LogP contribution in [0.15, 0.2) is 60.7 Å². The molecule has 0 aliphatic heterocycles. The van der Waals surface area contributed by atoms with Crippen LogP contribution < -0.4 is 19.1 Å². The lowest BCUT2D eigenvalue weighted by Crippen LogP contribution is -2.35. The van der Waals surface area contributed by atoms with Crippen LogP contribution >= 0.6 is 0 Å². The first-order valence-electron chi connectivity index (χ1n) is 11.6. The van der Waals surface area contributed by atoms with E-state index in [0.29, 0.717) is 0 Å². The number of anilines is 1. The molecule has 1 aliphatic carbocycles. The van der Waals surface area contributed by atoms with Crippen molar-refractivity contribution in [3.05, 3.63) is 88.7 Å². The van der Waals surface area contributed by atoms with E-state index >= 15 is 0 Å². The van der Waals surface area contributed by atoms with Gasteiger partial charge < -0.3 is 14.8 Å². The molecule has 190 valence electrons. The number of carbonyl (C=O) groups is 1. The van der Waals surface area contributed by atoms with Gasteiger partial charge in [0.25, 0.3) is 5.91 Å². The molecule has 1 amide bonds. The van der Waals surface area contributed by atoms with Crippen LogP contribution in [0.5, 0.6) is 11.5 Å². The Hall–Kier alpha value is -3.59. The predicted octanol–water partition coefficient (Wildman–Crippen LogP) is 4.62. The van der Waals surface area contributed by atoms with Crippen molar-refractivity contribution in [2.75, 3.05) is 24.8 Å². The molecule has 0 radical (unpaired) electrons. The number of methoxy groups -OCH3 is 2. The molecule has 3 aromatic rings. The van der Waals surface area contributed by atoms with Gasteiger partial charge in [0.05, 0.1) is 44.3 Å². The van der Waals surface area contributed by atoms with Crippen LogP contribution in [0.4, 0.5) is 10.1 Å². The number of carbonyl (C=O) groups excluding carboxylic acids is 1. The van der Waals surface area contributed by atoms with E-state index in [-0.39, 0.29) is 40.9 Å². The van der Waals surface area contributed by atoms with E-state index in [1.807, 2.05) is 18.2 Å². The van der Waals surface area contributed by atoms with Crippen LogP contribution in [0, 0.1) is 5.82 Å². The van der Waals surface area contributed by atoms with Gasteiger partial charge in [-0.2, -0.15) is 0 Å². The molecule has 36 heavy (non-hydrogen) atoms. The van der Waals surface area contributed by atoms with Crippen molar-refractivity contribution in [3.63, 3.8) is 0 Å². The average molecular weight is 513 g/mol. The van der Waals surface area contributed by atoms with Crippen LogP contribution in [0.3, 0.4) is 0 Å². The van der Waals surface area contributed by atoms with Crippen molar-refractivity contribution >= 4 is 21.6 Å². The first kappa shape index (κ1) is 25.5. The Kier molecular flexibility index (Phi) is 7.49. The smallest absolute Gasteiger partial charge is 0.254 e. The lowest BCUT2D eigenvalue weighted by molar-refractivity contribution is 0.0933. The number of fused-ring (bicyclic) bond motifs is 1. The van der Waals surface area contributed by atoms with Crippen LogP contribution in [0.2, 0.25) is 0 Å². The number of sulfonamides is 1. The predicted molar refractivity (Wildman–Crippen MR) is 137 cm³/mol. The largest absolute Gasteiger partial charge is 0.493 e. The standard InChI is InChI=1S/C27H29FN2O5S/c1-34-25-15-21(27(31)29-23-14-8-11-18-9-4-6-12-20(18)23)24(16-26(25)35-2)30(36(3,32)33)17-19-10-5-7-13-22(19)28/h4-7,9-10,12-13,15-16,23H,8,11,14,17H2,1-3H3,(H,29,31)/t23-/m1/s1. The van der Waals surface area contributed by atoms with Gasteiger partial charge in [0, 0.05) is 11.6 Å². The van der Waals surface area contributed by atoms with E-state index < -0.39 is 21.7 Å². The summed E-state index contributed by atoms with van der Waals surface area (Å²) in [5.74, 6) is -0.490. The number of benzene rings is 3. The maximum Gasteiger partial charge on any atom is 0.254 e. The monoisotopic (exact) mass is 512 g/mol. The van der Waals surface area contributed by atoms with Gasteiger partial charge in [-0.25, -0.2) is 12.8 Å². The Morgan fingerprint density at radius 1 is 1.06 bits per heavy atom. The summed E-state index contributed by atoms with van der Waals surface area (Å²) in [6.45, 7) is -0.298. The molecule has 0 fully saturated rings. The Balaban J connectivity index is 1.79. The van der Waals surface area contributed by atoms with Gasteiger partial charge in [-0.3, -0.25) is 9.10 Å². The van der Waals surface area contributed by atoms with Gasteiger partial charge in [-0.1, -0.05) is 42.5 Å². The van der Waals surface area contributed by atoms with E-state index in [1.54, 1.807) is 6.07 Å². The average Bonchev–Trinajstić information content (AvgIpc) is 2.87. The summed E-state index contributed by atoms with van der Waals surface area (Å²) < 4.78 is 52.1. The SMILES string of the molecule is COc1cc(C(=O)N[C@@H]2CCCc3ccccc32)c(N(Cc2ccccc2F)S(C)(=O)=O)cc1OC. The lowest BCUT2D eigenvalue weighted by atomic mass is 9.87. The fourth-order valence-electron chi connectivity index (χ4n) is 4.56. The first-order valence-corrected chi connectivity index (χ1v) is 13.4. The highest BCUT2D eigenvalue weighted by molar-refractivity contribution is 7.92. The number of rotatable bonds is 8. The van der Waals surface area contributed by atoms with E-state index in [4.69, 9.17) is 9.47 Å². The molecule has 0 bridgehead atoms. The Morgan fingerprint density at radius 3 is 2.42 bits per heavy atom. The highest BCUT2D eigenvalue weighted by Gasteiger charge is 2.29. The summed E-state index contributed by atoms with van der Waals surface area (Å²) in [6, 6.07) is 16.6. The zero-order valence-corrected chi connectivity index (χ0v) is 21.3. The molecule has 1 aliphatic rings. The third kappa shape index (κ3) is 5.31. The second-order valence-electron chi connectivity index (χ2n) is 8.70. The van der Waals surface area contributed by atoms with Crippen LogP contribution in [-0.2, 0) is 23.0 Å². The molecular weight excluding hydrogens is 483 g/mol. The Bertz CT molecular complexity index is 1380. The normalized spacial score (nSPS) is 15.1. The van der Waals surface area contributed by atoms with Crippen LogP contribution in [0.1, 0.15) is 45.9 Å². The fraction of sp³-hybridized carbons (Fsp3) is 0.296. The quantitative estimate of drug-likeness (QED) is 0.476. The minimum absolute atomic E-state index is 0.0694. The zero-order valence-electron chi connectivity index (χ0n) is 20.5. The highest BCUT2D eigenvalue weighted by atomic mass is 32.2. The third-order valence-corrected chi connectivity index (χ3v) is 7.49. The highest BCUT2D eigenvalue weighted by Crippen LogP contribution is 2.38. The summed E-state index contributed by atoms with van der Waals surface area (Å²) in [5, 5.41) is 3.07. The van der Waals surface area contributed by atoms with Crippen molar-refractivity contribution < 1.29 is 27.1 Å². The number of aryl methyl sites for hydroxylation is 1. The maximum atomic E-state index is 14.5. The van der Waals surface area contributed by atoms with Gasteiger partial charge in [0.2, 0.25) is 10.0 Å². The third-order valence-electron chi connectivity index (χ3n) is 6.36. The minimum atomic E-state index is -3.92. The molecular formula is C27H29FN2O5S. The van der Waals surface area contributed by atoms with Crippen molar-refractivity contribution in [1.29, 1.82) is 0 Å². The molecule has 3 aromatic carbocycles. The molecule has 9 heteroatoms. The number of halogens is 1. The summed E-state index contributed by atoms with van der Waals surface area (Å²) >= 11 is 0. The summed E-state index contributed by atoms with van der Waals surface area (Å²) in [7, 11) is -1.07. The van der Waals surface area contributed by atoms with E-state index in [0.717, 1.165) is 35.4 Å². The number of ether oxygens (including phenoxy) is 2. The summed E-state index contributed by atoms with van der Waals surface area (Å²) in [6.07, 6.45) is 3.64. The van der Waals surface area contributed by atoms with Gasteiger partial charge >= 0.3 is 0 Å². The fourth-order valence-corrected chi connectivity index (χ4v) is 5.44. The van der Waals surface area contributed by atoms with Crippen molar-refractivity contribution in [3.8, 4) is 11.5 Å². The molecule has 7 nitrogen and oxygen atoms in total. The lowest BCUT2D eigenvalue weighted by Gasteiger charge is -2.29. The van der Waals surface area contributed by atoms with E-state index in [9.17, 15) is 17.6 Å². The Labute approximate surface area is 210 Å². The van der Waals surface area contributed by atoms with Crippen LogP contribution in [-0.4, -0.2) is 34.8 Å². The van der Waals surface area contributed by atoms with E-state index in [2.05, 4.69) is 11.4 Å². The molecule has 0 saturated carbocycles. The topological polar surface area (TPSA) is 84.9 Å². The molecule has 0 aromatic heterocycles.